The Hall–Kier alpha value is -3.20. The van der Waals surface area contributed by atoms with Crippen molar-refractivity contribution in [1.29, 1.82) is 0 Å². The van der Waals surface area contributed by atoms with E-state index in [1.165, 1.54) is 12.1 Å². The van der Waals surface area contributed by atoms with E-state index in [0.29, 0.717) is 26.8 Å². The molecule has 1 unspecified atom stereocenters. The number of thiazole rings is 1. The molecular weight excluding hydrogens is 346 g/mol. The van der Waals surface area contributed by atoms with Crippen LogP contribution in [0.5, 0.6) is 11.5 Å². The Morgan fingerprint density at radius 1 is 1.28 bits per heavy atom. The van der Waals surface area contributed by atoms with Crippen LogP contribution in [0.25, 0.3) is 10.2 Å². The summed E-state index contributed by atoms with van der Waals surface area (Å²) < 4.78 is 11.8. The van der Waals surface area contributed by atoms with Crippen molar-refractivity contribution in [2.24, 2.45) is 0 Å². The molecule has 1 amide bonds. The first kappa shape index (κ1) is 15.3. The number of carbonyl (C=O) groups excluding carboxylic acids is 1. The number of carbonyl (C=O) groups is 1. The largest absolute Gasteiger partial charge is 0.485 e. The van der Waals surface area contributed by atoms with Crippen LogP contribution in [0, 0.1) is 10.1 Å². The van der Waals surface area contributed by atoms with Gasteiger partial charge in [0.25, 0.3) is 11.6 Å². The SMILES string of the molecule is O=C(Nc1nc2ccc([N+](=O)[O-])cc2s1)C1COc2ccccc2O1. The lowest BCUT2D eigenvalue weighted by Gasteiger charge is -2.25. The zero-order valence-corrected chi connectivity index (χ0v) is 13.5. The summed E-state index contributed by atoms with van der Waals surface area (Å²) in [6.45, 7) is 0.0964. The van der Waals surface area contributed by atoms with Gasteiger partial charge in [-0.15, -0.1) is 0 Å². The van der Waals surface area contributed by atoms with Gasteiger partial charge in [0.15, 0.2) is 16.6 Å². The molecule has 1 N–H and O–H groups in total. The van der Waals surface area contributed by atoms with Crippen molar-refractivity contribution >= 4 is 38.3 Å². The third-order valence-corrected chi connectivity index (χ3v) is 4.55. The maximum atomic E-state index is 12.4. The normalized spacial score (nSPS) is 15.8. The predicted molar refractivity (Wildman–Crippen MR) is 91.3 cm³/mol. The van der Waals surface area contributed by atoms with Crippen LogP contribution in [0.4, 0.5) is 10.8 Å². The molecule has 0 bridgehead atoms. The van der Waals surface area contributed by atoms with Crippen LogP contribution in [-0.4, -0.2) is 28.5 Å². The maximum absolute atomic E-state index is 12.4. The van der Waals surface area contributed by atoms with Gasteiger partial charge in [-0.2, -0.15) is 0 Å². The quantitative estimate of drug-likeness (QED) is 0.571. The lowest BCUT2D eigenvalue weighted by molar-refractivity contribution is -0.384. The number of nitro benzene ring substituents is 1. The number of benzene rings is 2. The van der Waals surface area contributed by atoms with Crippen molar-refractivity contribution < 1.29 is 19.2 Å². The van der Waals surface area contributed by atoms with Crippen molar-refractivity contribution in [3.63, 3.8) is 0 Å². The van der Waals surface area contributed by atoms with Crippen molar-refractivity contribution in [3.05, 3.63) is 52.6 Å². The van der Waals surface area contributed by atoms with Gasteiger partial charge in [-0.3, -0.25) is 20.2 Å². The van der Waals surface area contributed by atoms with Crippen LogP contribution >= 0.6 is 11.3 Å². The monoisotopic (exact) mass is 357 g/mol. The van der Waals surface area contributed by atoms with E-state index >= 15 is 0 Å². The molecule has 0 fully saturated rings. The third-order valence-electron chi connectivity index (χ3n) is 3.61. The van der Waals surface area contributed by atoms with E-state index in [1.807, 2.05) is 6.07 Å². The van der Waals surface area contributed by atoms with Crippen molar-refractivity contribution in [1.82, 2.24) is 4.98 Å². The Bertz CT molecular complexity index is 987. The van der Waals surface area contributed by atoms with Crippen LogP contribution in [0.1, 0.15) is 0 Å². The van der Waals surface area contributed by atoms with Crippen LogP contribution < -0.4 is 14.8 Å². The Kier molecular flexibility index (Phi) is 3.69. The molecule has 1 atom stereocenters. The second-order valence-electron chi connectivity index (χ2n) is 5.28. The van der Waals surface area contributed by atoms with E-state index in [2.05, 4.69) is 10.3 Å². The van der Waals surface area contributed by atoms with Gasteiger partial charge in [-0.05, 0) is 18.2 Å². The highest BCUT2D eigenvalue weighted by molar-refractivity contribution is 7.22. The number of aromatic nitrogens is 1. The molecule has 2 aromatic carbocycles. The number of nitrogens with zero attached hydrogens (tertiary/aromatic N) is 2. The highest BCUT2D eigenvalue weighted by Crippen LogP contribution is 2.32. The molecule has 25 heavy (non-hydrogen) atoms. The van der Waals surface area contributed by atoms with Gasteiger partial charge < -0.3 is 9.47 Å². The topological polar surface area (TPSA) is 104 Å². The van der Waals surface area contributed by atoms with E-state index < -0.39 is 11.0 Å². The second kappa shape index (κ2) is 6.02. The first-order valence-electron chi connectivity index (χ1n) is 7.34. The van der Waals surface area contributed by atoms with Gasteiger partial charge >= 0.3 is 0 Å². The van der Waals surface area contributed by atoms with E-state index in [-0.39, 0.29) is 18.2 Å². The van der Waals surface area contributed by atoms with Crippen molar-refractivity contribution in [2.75, 3.05) is 11.9 Å². The molecule has 0 radical (unpaired) electrons. The Morgan fingerprint density at radius 2 is 2.08 bits per heavy atom. The standard InChI is InChI=1S/C16H11N3O5S/c20-15(13-8-23-11-3-1-2-4-12(11)24-13)18-16-17-10-6-5-9(19(21)22)7-14(10)25-16/h1-7,13H,8H2,(H,17,18,20). The van der Waals surface area contributed by atoms with Gasteiger partial charge in [-0.1, -0.05) is 23.5 Å². The van der Waals surface area contributed by atoms with Crippen LogP contribution in [0.15, 0.2) is 42.5 Å². The van der Waals surface area contributed by atoms with Gasteiger partial charge in [0.05, 0.1) is 15.1 Å². The average molecular weight is 357 g/mol. The zero-order valence-electron chi connectivity index (χ0n) is 12.7. The first-order chi connectivity index (χ1) is 12.1. The molecule has 3 aromatic rings. The zero-order chi connectivity index (χ0) is 17.4. The van der Waals surface area contributed by atoms with Gasteiger partial charge in [0, 0.05) is 12.1 Å². The van der Waals surface area contributed by atoms with Crippen LogP contribution in [-0.2, 0) is 4.79 Å². The summed E-state index contributed by atoms with van der Waals surface area (Å²) in [4.78, 5) is 27.0. The van der Waals surface area contributed by atoms with E-state index in [9.17, 15) is 14.9 Å². The van der Waals surface area contributed by atoms with Crippen LogP contribution in [0.3, 0.4) is 0 Å². The third kappa shape index (κ3) is 2.96. The lowest BCUT2D eigenvalue weighted by atomic mass is 10.2. The molecule has 0 saturated heterocycles. The molecule has 126 valence electrons. The summed E-state index contributed by atoms with van der Waals surface area (Å²) in [5.41, 5.74) is 0.562. The Balaban J connectivity index is 1.51. The fraction of sp³-hybridized carbons (Fsp3) is 0.125. The lowest BCUT2D eigenvalue weighted by Crippen LogP contribution is -2.40. The minimum Gasteiger partial charge on any atom is -0.485 e. The van der Waals surface area contributed by atoms with E-state index in [1.54, 1.807) is 24.3 Å². The Morgan fingerprint density at radius 3 is 2.88 bits per heavy atom. The highest BCUT2D eigenvalue weighted by atomic mass is 32.1. The Labute approximate surface area is 145 Å². The number of nitrogens with one attached hydrogen (secondary N) is 1. The summed E-state index contributed by atoms with van der Waals surface area (Å²) in [5.74, 6) is 0.718. The number of fused-ring (bicyclic) bond motifs is 2. The molecular formula is C16H11N3O5S. The molecule has 1 aromatic heterocycles. The fourth-order valence-electron chi connectivity index (χ4n) is 2.41. The van der Waals surface area contributed by atoms with E-state index in [4.69, 9.17) is 9.47 Å². The molecule has 9 heteroatoms. The fourth-order valence-corrected chi connectivity index (χ4v) is 3.32. The molecule has 1 aliphatic rings. The average Bonchev–Trinajstić information content (AvgIpc) is 3.02. The van der Waals surface area contributed by atoms with E-state index in [0.717, 1.165) is 11.3 Å². The number of amides is 1. The minimum absolute atomic E-state index is 0.0188. The molecule has 0 aliphatic carbocycles. The smallest absolute Gasteiger partial charge is 0.270 e. The number of nitro groups is 1. The van der Waals surface area contributed by atoms with Crippen molar-refractivity contribution in [2.45, 2.75) is 6.10 Å². The number of anilines is 1. The van der Waals surface area contributed by atoms with Crippen LogP contribution in [0.2, 0.25) is 0 Å². The number of non-ortho nitro benzene ring substituents is 1. The number of hydrogen-bond donors (Lipinski definition) is 1. The number of rotatable bonds is 3. The van der Waals surface area contributed by atoms with Gasteiger partial charge in [0.1, 0.15) is 6.61 Å². The van der Waals surface area contributed by atoms with Gasteiger partial charge in [0.2, 0.25) is 6.10 Å². The first-order valence-corrected chi connectivity index (χ1v) is 8.16. The molecule has 1 aliphatic heterocycles. The minimum atomic E-state index is -0.795. The molecule has 0 saturated carbocycles. The maximum Gasteiger partial charge on any atom is 0.270 e. The molecule has 4 rings (SSSR count). The summed E-state index contributed by atoms with van der Waals surface area (Å²) in [5, 5.41) is 13.9. The molecule has 0 spiro atoms. The highest BCUT2D eigenvalue weighted by Gasteiger charge is 2.28. The summed E-state index contributed by atoms with van der Waals surface area (Å²) in [6.07, 6.45) is -0.795. The molecule has 2 heterocycles. The number of para-hydroxylation sites is 2. The van der Waals surface area contributed by atoms with Gasteiger partial charge in [-0.25, -0.2) is 4.98 Å². The molecule has 8 nitrogen and oxygen atoms in total. The number of hydrogen-bond acceptors (Lipinski definition) is 7. The summed E-state index contributed by atoms with van der Waals surface area (Å²) in [7, 11) is 0. The number of ether oxygens (including phenoxy) is 2. The second-order valence-corrected chi connectivity index (χ2v) is 6.31. The summed E-state index contributed by atoms with van der Waals surface area (Å²) in [6, 6.07) is 11.5. The summed E-state index contributed by atoms with van der Waals surface area (Å²) >= 11 is 1.16. The predicted octanol–water partition coefficient (Wildman–Crippen LogP) is 2.98. The van der Waals surface area contributed by atoms with Crippen molar-refractivity contribution in [3.8, 4) is 11.5 Å².